The molecule has 2 aromatic carbocycles. The number of ether oxygens (including phenoxy) is 2. The minimum absolute atomic E-state index is 0.0327. The Labute approximate surface area is 191 Å². The number of thiazole rings is 1. The molecule has 0 fully saturated rings. The van der Waals surface area contributed by atoms with Crippen molar-refractivity contribution in [2.75, 3.05) is 20.0 Å². The molecule has 0 unspecified atom stereocenters. The van der Waals surface area contributed by atoms with Crippen LogP contribution < -0.4 is 14.3 Å². The minimum Gasteiger partial charge on any atom is -0.493 e. The predicted molar refractivity (Wildman–Crippen MR) is 125 cm³/mol. The van der Waals surface area contributed by atoms with E-state index in [0.29, 0.717) is 16.3 Å². The van der Waals surface area contributed by atoms with Crippen molar-refractivity contribution in [2.45, 2.75) is 25.1 Å². The lowest BCUT2D eigenvalue weighted by molar-refractivity contribution is -0.118. The number of benzene rings is 2. The SMILES string of the molecule is C#CCn1c(=NC(=O)CCCS(=O)(=O)Cc2ccccc2)sc2cc(OC)c(OC)cc21. The van der Waals surface area contributed by atoms with E-state index < -0.39 is 15.7 Å². The fourth-order valence-electron chi connectivity index (χ4n) is 3.23. The third-order valence-corrected chi connectivity index (χ3v) is 7.46. The van der Waals surface area contributed by atoms with E-state index in [2.05, 4.69) is 10.9 Å². The van der Waals surface area contributed by atoms with E-state index in [0.717, 1.165) is 15.8 Å². The van der Waals surface area contributed by atoms with Gasteiger partial charge >= 0.3 is 0 Å². The summed E-state index contributed by atoms with van der Waals surface area (Å²) in [5.41, 5.74) is 1.51. The molecule has 0 atom stereocenters. The number of nitrogens with zero attached hydrogens (tertiary/aromatic N) is 2. The molecule has 0 spiro atoms. The molecular weight excluding hydrogens is 448 g/mol. The molecule has 1 aromatic heterocycles. The van der Waals surface area contributed by atoms with Crippen LogP contribution >= 0.6 is 11.3 Å². The summed E-state index contributed by atoms with van der Waals surface area (Å²) in [6, 6.07) is 12.6. The Morgan fingerprint density at radius 2 is 1.84 bits per heavy atom. The van der Waals surface area contributed by atoms with Gasteiger partial charge in [-0.25, -0.2) is 8.42 Å². The van der Waals surface area contributed by atoms with Crippen molar-refractivity contribution < 1.29 is 22.7 Å². The van der Waals surface area contributed by atoms with Gasteiger partial charge in [0.25, 0.3) is 0 Å². The zero-order chi connectivity index (χ0) is 23.1. The summed E-state index contributed by atoms with van der Waals surface area (Å²) < 4.78 is 37.9. The fraction of sp³-hybridized carbons (Fsp3) is 0.304. The van der Waals surface area contributed by atoms with Gasteiger partial charge in [-0.05, 0) is 12.0 Å². The Morgan fingerprint density at radius 1 is 1.16 bits per heavy atom. The van der Waals surface area contributed by atoms with E-state index >= 15 is 0 Å². The molecule has 9 heteroatoms. The van der Waals surface area contributed by atoms with Crippen LogP contribution in [-0.2, 0) is 26.9 Å². The van der Waals surface area contributed by atoms with Crippen LogP contribution in [0, 0.1) is 12.3 Å². The standard InChI is InChI=1S/C23H24N2O5S2/c1-4-12-25-18-14-19(29-2)20(30-3)15-21(18)31-23(25)24-22(26)11-8-13-32(27,28)16-17-9-6-5-7-10-17/h1,5-7,9-10,14-15H,8,11-13,16H2,2-3H3. The first-order valence-electron chi connectivity index (χ1n) is 9.87. The lowest BCUT2D eigenvalue weighted by Crippen LogP contribution is -2.17. The van der Waals surface area contributed by atoms with Gasteiger partial charge in [0.15, 0.2) is 26.1 Å². The van der Waals surface area contributed by atoms with Crippen molar-refractivity contribution >= 4 is 37.3 Å². The Kier molecular flexibility index (Phi) is 7.72. The summed E-state index contributed by atoms with van der Waals surface area (Å²) in [7, 11) is -0.214. The lowest BCUT2D eigenvalue weighted by Gasteiger charge is -2.08. The molecule has 0 saturated carbocycles. The number of sulfone groups is 1. The lowest BCUT2D eigenvalue weighted by atomic mass is 10.2. The Bertz CT molecular complexity index is 1320. The molecule has 32 heavy (non-hydrogen) atoms. The first-order chi connectivity index (χ1) is 15.4. The van der Waals surface area contributed by atoms with Gasteiger partial charge in [0, 0.05) is 18.6 Å². The maximum absolute atomic E-state index is 12.5. The van der Waals surface area contributed by atoms with Gasteiger partial charge in [0.2, 0.25) is 5.91 Å². The largest absolute Gasteiger partial charge is 0.493 e. The minimum atomic E-state index is -3.31. The maximum atomic E-state index is 12.5. The van der Waals surface area contributed by atoms with E-state index in [9.17, 15) is 13.2 Å². The van der Waals surface area contributed by atoms with Crippen LogP contribution in [0.25, 0.3) is 10.2 Å². The molecule has 0 N–H and O–H groups in total. The number of rotatable bonds is 9. The van der Waals surface area contributed by atoms with Gasteiger partial charge in [-0.3, -0.25) is 4.79 Å². The highest BCUT2D eigenvalue weighted by Gasteiger charge is 2.15. The third-order valence-electron chi connectivity index (χ3n) is 4.73. The van der Waals surface area contributed by atoms with Gasteiger partial charge < -0.3 is 14.0 Å². The van der Waals surface area contributed by atoms with E-state index in [-0.39, 0.29) is 30.9 Å². The number of carbonyl (C=O) groups excluding carboxylic acids is 1. The number of terminal acetylenes is 1. The van der Waals surface area contributed by atoms with Crippen molar-refractivity contribution in [2.24, 2.45) is 4.99 Å². The molecule has 0 aliphatic carbocycles. The molecule has 0 saturated heterocycles. The molecule has 0 radical (unpaired) electrons. The summed E-state index contributed by atoms with van der Waals surface area (Å²) in [5.74, 6) is 3.18. The number of aromatic nitrogens is 1. The molecular formula is C23H24N2O5S2. The van der Waals surface area contributed by atoms with Crippen molar-refractivity contribution in [1.29, 1.82) is 0 Å². The zero-order valence-electron chi connectivity index (χ0n) is 17.9. The van der Waals surface area contributed by atoms with Crippen molar-refractivity contribution in [3.05, 3.63) is 52.8 Å². The number of hydrogen-bond acceptors (Lipinski definition) is 6. The van der Waals surface area contributed by atoms with Crippen molar-refractivity contribution in [1.82, 2.24) is 4.57 Å². The van der Waals surface area contributed by atoms with E-state index in [1.165, 1.54) is 11.3 Å². The normalized spacial score (nSPS) is 12.0. The molecule has 0 bridgehead atoms. The van der Waals surface area contributed by atoms with E-state index in [1.54, 1.807) is 49.1 Å². The molecule has 7 nitrogen and oxygen atoms in total. The van der Waals surface area contributed by atoms with Crippen molar-refractivity contribution in [3.8, 4) is 23.8 Å². The maximum Gasteiger partial charge on any atom is 0.248 e. The average molecular weight is 473 g/mol. The highest BCUT2D eigenvalue weighted by atomic mass is 32.2. The van der Waals surface area contributed by atoms with E-state index in [4.69, 9.17) is 15.9 Å². The molecule has 1 heterocycles. The Balaban J connectivity index is 1.77. The van der Waals surface area contributed by atoms with Gasteiger partial charge in [0.05, 0.1) is 42.5 Å². The van der Waals surface area contributed by atoms with Crippen LogP contribution in [0.2, 0.25) is 0 Å². The number of fused-ring (bicyclic) bond motifs is 1. The Morgan fingerprint density at radius 3 is 2.50 bits per heavy atom. The van der Waals surface area contributed by atoms with Crippen LogP contribution in [-0.4, -0.2) is 38.9 Å². The van der Waals surface area contributed by atoms with E-state index in [1.807, 2.05) is 12.1 Å². The second-order valence-corrected chi connectivity index (χ2v) is 10.2. The average Bonchev–Trinajstić information content (AvgIpc) is 3.09. The first-order valence-corrected chi connectivity index (χ1v) is 12.5. The fourth-order valence-corrected chi connectivity index (χ4v) is 5.72. The van der Waals surface area contributed by atoms with Crippen LogP contribution in [0.15, 0.2) is 47.5 Å². The predicted octanol–water partition coefficient (Wildman–Crippen LogP) is 3.18. The van der Waals surface area contributed by atoms with Crippen LogP contribution in [0.5, 0.6) is 11.5 Å². The first kappa shape index (κ1) is 23.6. The molecule has 3 rings (SSSR count). The van der Waals surface area contributed by atoms with Crippen LogP contribution in [0.4, 0.5) is 0 Å². The molecule has 0 aliphatic heterocycles. The summed E-state index contributed by atoms with van der Waals surface area (Å²) in [5, 5.41) is 0. The van der Waals surface area contributed by atoms with Gasteiger partial charge in [-0.2, -0.15) is 4.99 Å². The second kappa shape index (κ2) is 10.5. The zero-order valence-corrected chi connectivity index (χ0v) is 19.5. The quantitative estimate of drug-likeness (QED) is 0.447. The third kappa shape index (κ3) is 5.78. The summed E-state index contributed by atoms with van der Waals surface area (Å²) in [4.78, 5) is 17.1. The molecule has 3 aromatic rings. The van der Waals surface area contributed by atoms with Gasteiger partial charge in [0.1, 0.15) is 0 Å². The number of methoxy groups -OCH3 is 2. The summed E-state index contributed by atoms with van der Waals surface area (Å²) >= 11 is 1.31. The monoisotopic (exact) mass is 472 g/mol. The smallest absolute Gasteiger partial charge is 0.248 e. The van der Waals surface area contributed by atoms with Gasteiger partial charge in [-0.1, -0.05) is 47.6 Å². The summed E-state index contributed by atoms with van der Waals surface area (Å²) in [6.45, 7) is 0.229. The number of carbonyl (C=O) groups is 1. The summed E-state index contributed by atoms with van der Waals surface area (Å²) in [6.07, 6.45) is 5.75. The number of hydrogen-bond donors (Lipinski definition) is 0. The number of amides is 1. The van der Waals surface area contributed by atoms with Crippen LogP contribution in [0.3, 0.4) is 0 Å². The van der Waals surface area contributed by atoms with Crippen LogP contribution in [0.1, 0.15) is 18.4 Å². The Hall–Kier alpha value is -3.09. The molecule has 0 aliphatic rings. The topological polar surface area (TPSA) is 87.0 Å². The highest BCUT2D eigenvalue weighted by molar-refractivity contribution is 7.90. The highest BCUT2D eigenvalue weighted by Crippen LogP contribution is 2.33. The van der Waals surface area contributed by atoms with Crippen molar-refractivity contribution in [3.63, 3.8) is 0 Å². The molecule has 168 valence electrons. The second-order valence-electron chi connectivity index (χ2n) is 7.04. The molecule has 1 amide bonds. The van der Waals surface area contributed by atoms with Gasteiger partial charge in [-0.15, -0.1) is 6.42 Å².